The van der Waals surface area contributed by atoms with Crippen molar-refractivity contribution in [2.45, 2.75) is 151 Å². The van der Waals surface area contributed by atoms with E-state index in [2.05, 4.69) is 5.32 Å². The molecule has 343 valence electrons. The predicted octanol–water partition coefficient (Wildman–Crippen LogP) is 1.85. The molecular weight excluding hydrogens is 780 g/mol. The van der Waals surface area contributed by atoms with E-state index in [4.69, 9.17) is 24.1 Å². The molecular formula is C41H81BClLiN3O12. The number of Topliss-reactive ketones (excluding diaryl/α,β-unsaturated/α-hetero) is 1. The van der Waals surface area contributed by atoms with Crippen LogP contribution in [-0.4, -0.2) is 158 Å². The Morgan fingerprint density at radius 1 is 0.797 bits per heavy atom. The monoisotopic (exact) mass is 861 g/mol. The second-order valence-electron chi connectivity index (χ2n) is 17.7. The average Bonchev–Trinajstić information content (AvgIpc) is 3.54. The Morgan fingerprint density at radius 3 is 1.69 bits per heavy atom. The minimum absolute atomic E-state index is 0. The molecule has 5 atom stereocenters. The molecule has 4 heterocycles. The van der Waals surface area contributed by atoms with Gasteiger partial charge < -0.3 is 55.9 Å². The van der Waals surface area contributed by atoms with Gasteiger partial charge in [0.05, 0.1) is 32.0 Å². The number of aliphatic hydroxyl groups excluding tert-OH is 4. The second kappa shape index (κ2) is 29.6. The fourth-order valence-corrected chi connectivity index (χ4v) is 6.07. The zero-order chi connectivity index (χ0) is 42.1. The number of rotatable bonds is 4. The summed E-state index contributed by atoms with van der Waals surface area (Å²) in [4.78, 5) is 51.3. The zero-order valence-corrected chi connectivity index (χ0v) is 38.3. The molecule has 0 bridgehead atoms. The fraction of sp³-hybridized carbons (Fsp3) is 0.902. The van der Waals surface area contributed by atoms with E-state index in [0.717, 1.165) is 39.1 Å². The van der Waals surface area contributed by atoms with Crippen molar-refractivity contribution in [2.75, 3.05) is 72.3 Å². The van der Waals surface area contributed by atoms with E-state index in [1.807, 2.05) is 34.6 Å². The molecule has 0 saturated carbocycles. The summed E-state index contributed by atoms with van der Waals surface area (Å²) in [5, 5.41) is 41.2. The molecule has 5 N–H and O–H groups in total. The van der Waals surface area contributed by atoms with Crippen molar-refractivity contribution in [3.8, 4) is 0 Å². The number of carbonyl (C=O) groups is 4. The van der Waals surface area contributed by atoms with Crippen LogP contribution in [0.2, 0.25) is 0 Å². The first-order chi connectivity index (χ1) is 25.5. The Morgan fingerprint density at radius 2 is 1.25 bits per heavy atom. The van der Waals surface area contributed by atoms with E-state index in [1.165, 1.54) is 17.7 Å². The standard InChI is InChI=1S/C15H25NO5.C13H25NO4.C8H17NO2.C4H8O.CH4.B.ClH.Li.H/c1-6-20-12(18)15(5)8-10-16(9-7-11(15)17)13(19)21-14(2,3)4;1-12(2,3)18-11(17)14-7-5-10(16)13(4,9-15)6-8-14;1-8(6-10)3-5-9-4-2-7(8)11;1-2-4-5-3-1;;;;;/h6-10H2,1-5H3;10,15-16H,5-9H2,1-4H3;7,9-11H,2-6H2,1H3;1-4H2;1H4;;1H;;/q;;;;;;;+1;-1. The largest absolute Gasteiger partial charge is 1.00 e. The first-order valence-corrected chi connectivity index (χ1v) is 20.0. The van der Waals surface area contributed by atoms with Gasteiger partial charge in [0.1, 0.15) is 16.6 Å². The minimum Gasteiger partial charge on any atom is -1.00 e. The number of nitrogens with one attached hydrogen (secondary N) is 1. The van der Waals surface area contributed by atoms with Gasteiger partial charge in [0.15, 0.2) is 5.78 Å². The number of carbonyl (C=O) groups excluding carboxylic acids is 4. The average molecular weight is 861 g/mol. The van der Waals surface area contributed by atoms with Crippen LogP contribution in [0.3, 0.4) is 0 Å². The molecule has 4 aliphatic rings. The van der Waals surface area contributed by atoms with Crippen LogP contribution in [0.15, 0.2) is 0 Å². The molecule has 4 aliphatic heterocycles. The van der Waals surface area contributed by atoms with Gasteiger partial charge in [-0.25, -0.2) is 9.59 Å². The maximum Gasteiger partial charge on any atom is 1.00 e. The Kier molecular flexibility index (Phi) is 32.2. The van der Waals surface area contributed by atoms with Crippen molar-refractivity contribution in [1.29, 1.82) is 0 Å². The van der Waals surface area contributed by atoms with E-state index in [-0.39, 0.29) is 111 Å². The van der Waals surface area contributed by atoms with Crippen molar-refractivity contribution in [3.63, 3.8) is 0 Å². The van der Waals surface area contributed by atoms with E-state index >= 15 is 0 Å². The number of halogens is 1. The summed E-state index contributed by atoms with van der Waals surface area (Å²) < 4.78 is 20.6. The van der Waals surface area contributed by atoms with Crippen LogP contribution >= 0.6 is 12.4 Å². The number of aliphatic hydroxyl groups is 4. The van der Waals surface area contributed by atoms with E-state index < -0.39 is 40.2 Å². The molecule has 4 rings (SSSR count). The first kappa shape index (κ1) is 64.0. The molecule has 2 amide bonds. The Labute approximate surface area is 377 Å². The van der Waals surface area contributed by atoms with Crippen molar-refractivity contribution >= 4 is 44.8 Å². The van der Waals surface area contributed by atoms with Crippen molar-refractivity contribution in [2.24, 2.45) is 16.2 Å². The molecule has 0 aromatic rings. The molecule has 15 nitrogen and oxygen atoms in total. The number of ketones is 1. The van der Waals surface area contributed by atoms with E-state index in [1.54, 1.807) is 39.5 Å². The normalized spacial score (nSPS) is 27.0. The van der Waals surface area contributed by atoms with Crippen LogP contribution in [0.25, 0.3) is 0 Å². The number of esters is 1. The predicted molar refractivity (Wildman–Crippen MR) is 229 cm³/mol. The maximum absolute atomic E-state index is 12.2. The molecule has 4 saturated heterocycles. The Hall–Kier alpha value is -1.61. The third kappa shape index (κ3) is 22.9. The number of amides is 2. The van der Waals surface area contributed by atoms with Crippen LogP contribution in [0.5, 0.6) is 0 Å². The van der Waals surface area contributed by atoms with Gasteiger partial charge >= 0.3 is 37.0 Å². The summed E-state index contributed by atoms with van der Waals surface area (Å²) >= 11 is 0. The van der Waals surface area contributed by atoms with Crippen LogP contribution < -0.4 is 24.2 Å². The first-order valence-electron chi connectivity index (χ1n) is 20.0. The molecule has 59 heavy (non-hydrogen) atoms. The van der Waals surface area contributed by atoms with Crippen LogP contribution in [0.4, 0.5) is 9.59 Å². The van der Waals surface area contributed by atoms with Crippen LogP contribution in [0, 0.1) is 16.2 Å². The molecule has 0 aromatic carbocycles. The van der Waals surface area contributed by atoms with Gasteiger partial charge in [-0.3, -0.25) is 9.59 Å². The maximum atomic E-state index is 12.2. The van der Waals surface area contributed by atoms with Gasteiger partial charge in [0, 0.05) is 65.1 Å². The van der Waals surface area contributed by atoms with E-state index in [0.29, 0.717) is 32.5 Å². The summed E-state index contributed by atoms with van der Waals surface area (Å²) in [6.45, 7) is 23.5. The fourth-order valence-electron chi connectivity index (χ4n) is 6.07. The third-order valence-corrected chi connectivity index (χ3v) is 10.4. The van der Waals surface area contributed by atoms with E-state index in [9.17, 15) is 34.5 Å². The topological polar surface area (TPSA) is 205 Å². The third-order valence-electron chi connectivity index (χ3n) is 10.4. The molecule has 0 spiro atoms. The van der Waals surface area contributed by atoms with Gasteiger partial charge in [-0.2, -0.15) is 0 Å². The number of hydrogen-bond acceptors (Lipinski definition) is 13. The Bertz CT molecular complexity index is 1210. The summed E-state index contributed by atoms with van der Waals surface area (Å²) in [6.07, 6.45) is 3.83. The second-order valence-corrected chi connectivity index (χ2v) is 17.7. The van der Waals surface area contributed by atoms with Crippen molar-refractivity contribution in [3.05, 3.63) is 0 Å². The molecule has 4 fully saturated rings. The van der Waals surface area contributed by atoms with Gasteiger partial charge in [-0.05, 0) is 113 Å². The minimum atomic E-state index is -1.17. The molecule has 0 aliphatic carbocycles. The van der Waals surface area contributed by atoms with Crippen molar-refractivity contribution < 1.29 is 78.8 Å². The molecule has 18 heteroatoms. The summed E-state index contributed by atoms with van der Waals surface area (Å²) in [6, 6.07) is 0. The summed E-state index contributed by atoms with van der Waals surface area (Å²) in [5.41, 5.74) is -3.09. The van der Waals surface area contributed by atoms with Crippen LogP contribution in [-0.2, 0) is 28.5 Å². The molecule has 0 aromatic heterocycles. The van der Waals surface area contributed by atoms with Gasteiger partial charge in [0.2, 0.25) is 0 Å². The van der Waals surface area contributed by atoms with Gasteiger partial charge in [-0.1, -0.05) is 21.3 Å². The quantitative estimate of drug-likeness (QED) is 0.119. The van der Waals surface area contributed by atoms with Crippen molar-refractivity contribution in [1.82, 2.24) is 15.1 Å². The zero-order valence-electron chi connectivity index (χ0n) is 38.5. The van der Waals surface area contributed by atoms with Gasteiger partial charge in [-0.15, -0.1) is 12.4 Å². The Balaban J connectivity index is -0.000000235. The number of ether oxygens (including phenoxy) is 4. The number of hydrogen-bond donors (Lipinski definition) is 5. The van der Waals surface area contributed by atoms with Gasteiger partial charge in [0.25, 0.3) is 0 Å². The number of nitrogens with zero attached hydrogens (tertiary/aromatic N) is 2. The number of likely N-dealkylation sites (tertiary alicyclic amines) is 2. The molecule has 3 radical (unpaired) electrons. The molecule has 5 unspecified atom stereocenters. The summed E-state index contributed by atoms with van der Waals surface area (Å²) in [5.74, 6) is -0.701. The SMILES string of the molecule is C.C1CCOC1.CC(C)(C)OC(=O)N1CCC(O)C(C)(CO)CC1.CC1(CO)CCNCCC1O.CCOC(=O)C1(C)CCN(C(=O)OC(C)(C)C)CCC1=O.Cl.[B].[H-].[Li+]. The summed E-state index contributed by atoms with van der Waals surface area (Å²) in [7, 11) is 0. The smallest absolute Gasteiger partial charge is 1.00 e. The van der Waals surface area contributed by atoms with Crippen LogP contribution in [0.1, 0.15) is 129 Å².